The predicted octanol–water partition coefficient (Wildman–Crippen LogP) is 3.35. The molecule has 1 aliphatic rings. The number of hydrogen-bond acceptors (Lipinski definition) is 6. The summed E-state index contributed by atoms with van der Waals surface area (Å²) < 4.78 is 11.7. The molecule has 2 heterocycles. The van der Waals surface area contributed by atoms with Gasteiger partial charge in [0.25, 0.3) is 5.91 Å². The number of rotatable bonds is 6. The Labute approximate surface area is 185 Å². The second-order valence-electron chi connectivity index (χ2n) is 7.44. The molecule has 1 atom stereocenters. The van der Waals surface area contributed by atoms with Gasteiger partial charge in [0, 0.05) is 16.8 Å². The van der Waals surface area contributed by atoms with E-state index in [4.69, 9.17) is 9.47 Å². The standard InChI is InChI=1S/C24H23N3O5/c1-4-32-24(30)20-13-25-26-14-15(2)27(23(29)21(20)26)18-9-5-16(6-10-18)22(28)17-7-11-19(31-3)12-8-17/h5-13,15H,4,14H2,1-3H3/t15-/m0/s1. The van der Waals surface area contributed by atoms with E-state index in [2.05, 4.69) is 5.10 Å². The summed E-state index contributed by atoms with van der Waals surface area (Å²) in [7, 11) is 1.57. The summed E-state index contributed by atoms with van der Waals surface area (Å²) in [5, 5.41) is 4.19. The molecule has 0 aliphatic carbocycles. The molecule has 1 aliphatic heterocycles. The lowest BCUT2D eigenvalue weighted by molar-refractivity contribution is 0.0522. The molecule has 8 heteroatoms. The van der Waals surface area contributed by atoms with Crippen molar-refractivity contribution in [2.24, 2.45) is 0 Å². The van der Waals surface area contributed by atoms with Crippen molar-refractivity contribution in [3.05, 3.63) is 77.1 Å². The fourth-order valence-electron chi connectivity index (χ4n) is 3.81. The number of ketones is 1. The molecule has 0 spiro atoms. The van der Waals surface area contributed by atoms with Gasteiger partial charge in [-0.2, -0.15) is 5.10 Å². The van der Waals surface area contributed by atoms with Crippen molar-refractivity contribution in [2.45, 2.75) is 26.4 Å². The van der Waals surface area contributed by atoms with Crippen LogP contribution in [0.1, 0.15) is 50.6 Å². The molecular weight excluding hydrogens is 410 g/mol. The second kappa shape index (κ2) is 8.66. The summed E-state index contributed by atoms with van der Waals surface area (Å²) >= 11 is 0. The maximum absolute atomic E-state index is 13.3. The van der Waals surface area contributed by atoms with Crippen molar-refractivity contribution in [3.8, 4) is 5.75 Å². The first kappa shape index (κ1) is 21.3. The lowest BCUT2D eigenvalue weighted by Gasteiger charge is -2.34. The Kier molecular flexibility index (Phi) is 5.77. The maximum Gasteiger partial charge on any atom is 0.342 e. The highest BCUT2D eigenvalue weighted by molar-refractivity contribution is 6.12. The third-order valence-corrected chi connectivity index (χ3v) is 5.39. The summed E-state index contributed by atoms with van der Waals surface area (Å²) in [6, 6.07) is 13.6. The lowest BCUT2D eigenvalue weighted by atomic mass is 10.0. The Morgan fingerprint density at radius 2 is 1.69 bits per heavy atom. The molecule has 0 saturated heterocycles. The van der Waals surface area contributed by atoms with E-state index in [1.165, 1.54) is 10.9 Å². The van der Waals surface area contributed by atoms with Crippen LogP contribution in [0.2, 0.25) is 0 Å². The van der Waals surface area contributed by atoms with E-state index in [0.29, 0.717) is 29.1 Å². The normalized spacial score (nSPS) is 15.3. The van der Waals surface area contributed by atoms with E-state index in [1.807, 2.05) is 6.92 Å². The van der Waals surface area contributed by atoms with Gasteiger partial charge < -0.3 is 14.4 Å². The number of carbonyl (C=O) groups is 3. The lowest BCUT2D eigenvalue weighted by Crippen LogP contribution is -2.47. The molecule has 0 saturated carbocycles. The molecule has 0 bridgehead atoms. The largest absolute Gasteiger partial charge is 0.497 e. The molecule has 0 fully saturated rings. The fourth-order valence-corrected chi connectivity index (χ4v) is 3.81. The minimum atomic E-state index is -0.572. The van der Waals surface area contributed by atoms with E-state index < -0.39 is 5.97 Å². The Morgan fingerprint density at radius 1 is 1.06 bits per heavy atom. The van der Waals surface area contributed by atoms with Crippen LogP contribution in [0.5, 0.6) is 5.75 Å². The minimum Gasteiger partial charge on any atom is -0.497 e. The fraction of sp³-hybridized carbons (Fsp3) is 0.250. The van der Waals surface area contributed by atoms with E-state index in [1.54, 1.807) is 67.5 Å². The number of benzene rings is 2. The van der Waals surface area contributed by atoms with Crippen molar-refractivity contribution in [3.63, 3.8) is 0 Å². The van der Waals surface area contributed by atoms with E-state index >= 15 is 0 Å². The van der Waals surface area contributed by atoms with E-state index in [0.717, 1.165) is 0 Å². The van der Waals surface area contributed by atoms with Crippen LogP contribution in [0.15, 0.2) is 54.7 Å². The number of aromatic nitrogens is 2. The number of methoxy groups -OCH3 is 1. The van der Waals surface area contributed by atoms with Crippen LogP contribution in [0.3, 0.4) is 0 Å². The van der Waals surface area contributed by atoms with Gasteiger partial charge in [-0.1, -0.05) is 0 Å². The molecular formula is C24H23N3O5. The summed E-state index contributed by atoms with van der Waals surface area (Å²) in [6.45, 7) is 4.26. The molecule has 4 rings (SSSR count). The van der Waals surface area contributed by atoms with Crippen LogP contribution in [0.25, 0.3) is 0 Å². The topological polar surface area (TPSA) is 90.7 Å². The van der Waals surface area contributed by atoms with Gasteiger partial charge in [0.15, 0.2) is 5.78 Å². The number of hydrogen-bond donors (Lipinski definition) is 0. The van der Waals surface area contributed by atoms with Crippen molar-refractivity contribution in [2.75, 3.05) is 18.6 Å². The van der Waals surface area contributed by atoms with Crippen molar-refractivity contribution in [1.29, 1.82) is 0 Å². The Bertz CT molecular complexity index is 1170. The number of nitrogens with zero attached hydrogens (tertiary/aromatic N) is 3. The highest BCUT2D eigenvalue weighted by atomic mass is 16.5. The van der Waals surface area contributed by atoms with Crippen LogP contribution < -0.4 is 9.64 Å². The Morgan fingerprint density at radius 3 is 2.28 bits per heavy atom. The van der Waals surface area contributed by atoms with Crippen LogP contribution >= 0.6 is 0 Å². The van der Waals surface area contributed by atoms with Crippen molar-refractivity contribution < 1.29 is 23.9 Å². The monoisotopic (exact) mass is 433 g/mol. The third-order valence-electron chi connectivity index (χ3n) is 5.39. The van der Waals surface area contributed by atoms with Gasteiger partial charge in [-0.05, 0) is 62.4 Å². The predicted molar refractivity (Wildman–Crippen MR) is 117 cm³/mol. The van der Waals surface area contributed by atoms with Gasteiger partial charge in [-0.3, -0.25) is 14.3 Å². The van der Waals surface area contributed by atoms with Crippen LogP contribution in [-0.4, -0.2) is 47.2 Å². The van der Waals surface area contributed by atoms with Gasteiger partial charge in [0.05, 0.1) is 32.5 Å². The minimum absolute atomic E-state index is 0.125. The van der Waals surface area contributed by atoms with Gasteiger partial charge in [0.2, 0.25) is 0 Å². The average Bonchev–Trinajstić information content (AvgIpc) is 3.23. The molecule has 3 aromatic rings. The van der Waals surface area contributed by atoms with E-state index in [-0.39, 0.29) is 35.6 Å². The number of esters is 1. The van der Waals surface area contributed by atoms with Gasteiger partial charge in [0.1, 0.15) is 17.0 Å². The number of fused-ring (bicyclic) bond motifs is 1. The van der Waals surface area contributed by atoms with Crippen LogP contribution in [0.4, 0.5) is 5.69 Å². The summed E-state index contributed by atoms with van der Waals surface area (Å²) in [5.41, 5.74) is 2.05. The molecule has 2 aromatic carbocycles. The molecule has 1 amide bonds. The molecule has 32 heavy (non-hydrogen) atoms. The van der Waals surface area contributed by atoms with Crippen LogP contribution in [-0.2, 0) is 11.3 Å². The van der Waals surface area contributed by atoms with Gasteiger partial charge in [-0.25, -0.2) is 4.79 Å². The zero-order valence-corrected chi connectivity index (χ0v) is 18.1. The highest BCUT2D eigenvalue weighted by Gasteiger charge is 2.36. The van der Waals surface area contributed by atoms with E-state index in [9.17, 15) is 14.4 Å². The molecule has 0 unspecified atom stereocenters. The first-order valence-electron chi connectivity index (χ1n) is 10.3. The van der Waals surface area contributed by atoms with Gasteiger partial charge in [-0.15, -0.1) is 0 Å². The van der Waals surface area contributed by atoms with Crippen molar-refractivity contribution >= 4 is 23.3 Å². The third kappa shape index (κ3) is 3.75. The SMILES string of the molecule is CCOC(=O)c1cnn2c1C(=O)N(c1ccc(C(=O)c3ccc(OC)cc3)cc1)[C@@H](C)C2. The molecule has 8 nitrogen and oxygen atoms in total. The van der Waals surface area contributed by atoms with Gasteiger partial charge >= 0.3 is 5.97 Å². The van der Waals surface area contributed by atoms with Crippen LogP contribution in [0, 0.1) is 0 Å². The number of carbonyl (C=O) groups excluding carboxylic acids is 3. The second-order valence-corrected chi connectivity index (χ2v) is 7.44. The summed E-state index contributed by atoms with van der Waals surface area (Å²) in [6.07, 6.45) is 1.37. The molecule has 1 aromatic heterocycles. The smallest absolute Gasteiger partial charge is 0.342 e. The molecule has 0 N–H and O–H groups in total. The Balaban J connectivity index is 1.60. The zero-order chi connectivity index (χ0) is 22.8. The average molecular weight is 433 g/mol. The zero-order valence-electron chi connectivity index (χ0n) is 18.1. The number of anilines is 1. The Hall–Kier alpha value is -3.94. The molecule has 0 radical (unpaired) electrons. The summed E-state index contributed by atoms with van der Waals surface area (Å²) in [4.78, 5) is 39.9. The number of amides is 1. The maximum atomic E-state index is 13.3. The van der Waals surface area contributed by atoms with Crippen molar-refractivity contribution in [1.82, 2.24) is 9.78 Å². The summed E-state index contributed by atoms with van der Waals surface area (Å²) in [5.74, 6) is -0.355. The quantitative estimate of drug-likeness (QED) is 0.437. The molecule has 164 valence electrons. The first-order chi connectivity index (χ1) is 15.4. The first-order valence-corrected chi connectivity index (χ1v) is 10.3. The number of ether oxygens (including phenoxy) is 2. The highest BCUT2D eigenvalue weighted by Crippen LogP contribution is 2.28.